The molecule has 1 rings (SSSR count). The smallest absolute Gasteiger partial charge is 0.192 e. The van der Waals surface area contributed by atoms with Crippen molar-refractivity contribution in [3.63, 3.8) is 0 Å². The quantitative estimate of drug-likeness (QED) is 0.0838. The van der Waals surface area contributed by atoms with Gasteiger partial charge in [0.05, 0.1) is 31.5 Å². The molecule has 5 atom stereocenters. The van der Waals surface area contributed by atoms with Gasteiger partial charge in [-0.15, -0.1) is 0 Å². The van der Waals surface area contributed by atoms with Gasteiger partial charge < -0.3 is 27.5 Å². The lowest BCUT2D eigenvalue weighted by molar-refractivity contribution is -0.117. The third-order valence-electron chi connectivity index (χ3n) is 11.3. The zero-order valence-corrected chi connectivity index (χ0v) is 35.5. The Balaban J connectivity index is 3.72. The van der Waals surface area contributed by atoms with E-state index in [0.717, 1.165) is 60.5 Å². The summed E-state index contributed by atoms with van der Waals surface area (Å²) in [5.74, 6) is 1.62. The average Bonchev–Trinajstić information content (AvgIpc) is 3.03. The predicted octanol–water partition coefficient (Wildman–Crippen LogP) is 10.9. The van der Waals surface area contributed by atoms with Crippen molar-refractivity contribution in [2.75, 3.05) is 13.7 Å². The lowest BCUT2D eigenvalue weighted by atomic mass is 9.84. The van der Waals surface area contributed by atoms with Gasteiger partial charge in [-0.25, -0.2) is 0 Å². The molecule has 0 saturated heterocycles. The molecule has 0 N–H and O–H groups in total. The van der Waals surface area contributed by atoms with Crippen molar-refractivity contribution in [2.45, 2.75) is 168 Å². The van der Waals surface area contributed by atoms with E-state index in [4.69, 9.17) is 22.8 Å². The lowest BCUT2D eigenvalue weighted by Gasteiger charge is -2.50. The minimum atomic E-state index is -2.19. The maximum Gasteiger partial charge on any atom is 0.192 e. The molecule has 46 heavy (non-hydrogen) atoms. The Labute approximate surface area is 287 Å². The van der Waals surface area contributed by atoms with Crippen molar-refractivity contribution in [2.24, 2.45) is 11.8 Å². The second kappa shape index (κ2) is 18.7. The van der Waals surface area contributed by atoms with Gasteiger partial charge >= 0.3 is 0 Å². The number of methoxy groups -OCH3 is 1. The maximum absolute atomic E-state index is 12.5. The van der Waals surface area contributed by atoms with Crippen LogP contribution in [0.2, 0.25) is 54.4 Å². The summed E-state index contributed by atoms with van der Waals surface area (Å²) in [5.41, 5.74) is -0.620. The van der Waals surface area contributed by atoms with E-state index in [9.17, 15) is 4.79 Å². The van der Waals surface area contributed by atoms with Crippen molar-refractivity contribution in [3.05, 3.63) is 24.3 Å². The molecule has 0 heterocycles. The zero-order chi connectivity index (χ0) is 35.4. The summed E-state index contributed by atoms with van der Waals surface area (Å²) in [6.45, 7) is 32.3. The molecule has 268 valence electrons. The molecule has 0 amide bonds. The van der Waals surface area contributed by atoms with Crippen LogP contribution in [-0.4, -0.2) is 62.8 Å². The second-order valence-electron chi connectivity index (χ2n) is 15.5. The predicted molar refractivity (Wildman–Crippen MR) is 203 cm³/mol. The number of hydrogen-bond donors (Lipinski definition) is 0. The Morgan fingerprint density at radius 1 is 0.761 bits per heavy atom. The molecule has 0 aromatic heterocycles. The van der Waals surface area contributed by atoms with Crippen LogP contribution in [0.3, 0.4) is 0 Å². The zero-order valence-electron chi connectivity index (χ0n) is 32.5. The molecule has 0 bridgehead atoms. The van der Waals surface area contributed by atoms with Gasteiger partial charge in [-0.1, -0.05) is 76.2 Å². The van der Waals surface area contributed by atoms with Crippen molar-refractivity contribution in [1.29, 1.82) is 0 Å². The molecule has 0 saturated carbocycles. The number of carbonyl (C=O) groups is 1. The van der Waals surface area contributed by atoms with Gasteiger partial charge in [-0.3, -0.25) is 0 Å². The Hall–Kier alpha value is -0.979. The molecular weight excluding hydrogens is 625 g/mol. The number of ether oxygens (including phenoxy) is 2. The summed E-state index contributed by atoms with van der Waals surface area (Å²) in [5, 5.41) is 0.0256. The van der Waals surface area contributed by atoms with Crippen LogP contribution in [-0.2, 0) is 18.1 Å². The molecule has 0 aliphatic rings. The number of hydrogen-bond acceptors (Lipinski definition) is 6. The SMILES string of the molecule is CC[Si](CC)(CC)O[C@@H](C[C@H](C)COc1ccc(OC)cc1)[C@@](C)(C[C@H](O[Si](C)(C)C(C)(C)C)[C@H](C)C=O)O[Si](CC)(CC)CC. The van der Waals surface area contributed by atoms with Crippen molar-refractivity contribution >= 4 is 31.2 Å². The largest absolute Gasteiger partial charge is 0.497 e. The summed E-state index contributed by atoms with van der Waals surface area (Å²) >= 11 is 0. The Bertz CT molecular complexity index is 987. The number of aldehydes is 1. The van der Waals surface area contributed by atoms with E-state index in [0.29, 0.717) is 13.0 Å². The molecule has 0 spiro atoms. The molecule has 0 radical (unpaired) electrons. The van der Waals surface area contributed by atoms with Gasteiger partial charge in [0.15, 0.2) is 25.0 Å². The number of rotatable bonds is 23. The topological polar surface area (TPSA) is 63.2 Å². The highest BCUT2D eigenvalue weighted by Crippen LogP contribution is 2.43. The number of carbonyl (C=O) groups excluding carboxylic acids is 1. The van der Waals surface area contributed by atoms with Crippen LogP contribution in [0.4, 0.5) is 0 Å². The molecule has 0 aliphatic carbocycles. The van der Waals surface area contributed by atoms with Gasteiger partial charge in [-0.2, -0.15) is 0 Å². The van der Waals surface area contributed by atoms with Gasteiger partial charge in [0, 0.05) is 12.3 Å². The first-order valence-corrected chi connectivity index (χ1v) is 26.1. The lowest BCUT2D eigenvalue weighted by Crippen LogP contribution is -2.59. The summed E-state index contributed by atoms with van der Waals surface area (Å²) < 4.78 is 33.9. The number of benzene rings is 1. The molecule has 0 aliphatic heterocycles. The van der Waals surface area contributed by atoms with E-state index >= 15 is 0 Å². The van der Waals surface area contributed by atoms with E-state index < -0.39 is 30.6 Å². The highest BCUT2D eigenvalue weighted by atomic mass is 28.4. The highest BCUT2D eigenvalue weighted by Gasteiger charge is 2.50. The molecule has 6 nitrogen and oxygen atoms in total. The van der Waals surface area contributed by atoms with Crippen molar-refractivity contribution in [3.8, 4) is 11.5 Å². The van der Waals surface area contributed by atoms with Crippen LogP contribution in [0, 0.1) is 11.8 Å². The fourth-order valence-electron chi connectivity index (χ4n) is 6.14. The fourth-order valence-corrected chi connectivity index (χ4v) is 13.6. The summed E-state index contributed by atoms with van der Waals surface area (Å²) in [7, 11) is -4.66. The normalized spacial score (nSPS) is 17.1. The monoisotopic (exact) mass is 696 g/mol. The summed E-state index contributed by atoms with van der Waals surface area (Å²) in [6.07, 6.45) is 2.12. The van der Waals surface area contributed by atoms with Crippen LogP contribution in [0.5, 0.6) is 11.5 Å². The van der Waals surface area contributed by atoms with Gasteiger partial charge in [0.2, 0.25) is 0 Å². The van der Waals surface area contributed by atoms with Gasteiger partial charge in [0.25, 0.3) is 0 Å². The Morgan fingerprint density at radius 3 is 1.65 bits per heavy atom. The summed E-state index contributed by atoms with van der Waals surface area (Å²) in [4.78, 5) is 12.5. The first-order valence-electron chi connectivity index (χ1n) is 18.2. The van der Waals surface area contributed by atoms with Crippen LogP contribution < -0.4 is 9.47 Å². The van der Waals surface area contributed by atoms with Crippen LogP contribution in [0.1, 0.15) is 95.9 Å². The van der Waals surface area contributed by atoms with Crippen molar-refractivity contribution in [1.82, 2.24) is 0 Å². The van der Waals surface area contributed by atoms with E-state index in [1.54, 1.807) is 7.11 Å². The van der Waals surface area contributed by atoms with Gasteiger partial charge in [0.1, 0.15) is 17.8 Å². The van der Waals surface area contributed by atoms with E-state index in [2.05, 4.69) is 89.3 Å². The molecule has 1 aromatic rings. The van der Waals surface area contributed by atoms with Crippen LogP contribution in [0.25, 0.3) is 0 Å². The highest BCUT2D eigenvalue weighted by molar-refractivity contribution is 6.74. The Kier molecular flexibility index (Phi) is 17.5. The molecular formula is C37H72O6Si3. The van der Waals surface area contributed by atoms with Crippen LogP contribution >= 0.6 is 0 Å². The molecule has 9 heteroatoms. The maximum atomic E-state index is 12.5. The molecule has 0 fully saturated rings. The first-order chi connectivity index (χ1) is 21.4. The van der Waals surface area contributed by atoms with E-state index in [1.807, 2.05) is 31.2 Å². The Morgan fingerprint density at radius 2 is 1.24 bits per heavy atom. The second-order valence-corrected chi connectivity index (χ2v) is 29.6. The fraction of sp³-hybridized carbons (Fsp3) is 0.811. The molecule has 0 unspecified atom stereocenters. The molecule has 1 aromatic carbocycles. The minimum absolute atomic E-state index is 0.0256. The van der Waals surface area contributed by atoms with E-state index in [1.165, 1.54) is 0 Å². The minimum Gasteiger partial charge on any atom is -0.497 e. The van der Waals surface area contributed by atoms with Crippen LogP contribution in [0.15, 0.2) is 24.3 Å². The third-order valence-corrected chi connectivity index (χ3v) is 25.2. The van der Waals surface area contributed by atoms with Gasteiger partial charge in [-0.05, 0) is 97.9 Å². The summed E-state index contributed by atoms with van der Waals surface area (Å²) in [6, 6.07) is 14.1. The standard InChI is InChI=1S/C37H72O6Si3/c1-16-45(17-2,18-3)42-35(26-30(7)29-40-33-24-22-32(39-13)23-25-33)37(12,43-46(19-4,20-5)21-6)27-34(31(8)28-38)41-44(14,15)36(9,10)11/h22-25,28,30-31,34-35H,16-21,26-27,29H2,1-15H3/t30-,31+,34-,35-,37+/m0/s1. The average molecular weight is 697 g/mol. The van der Waals surface area contributed by atoms with E-state index in [-0.39, 0.29) is 29.1 Å². The third kappa shape index (κ3) is 11.9. The van der Waals surface area contributed by atoms with Crippen molar-refractivity contribution < 1.29 is 27.5 Å². The first kappa shape index (κ1) is 43.0.